The van der Waals surface area contributed by atoms with E-state index >= 15 is 0 Å². The number of hydrogen-bond donors (Lipinski definition) is 2. The van der Waals surface area contributed by atoms with E-state index in [9.17, 15) is 19.8 Å². The van der Waals surface area contributed by atoms with Crippen LogP contribution in [0.5, 0.6) is 0 Å². The van der Waals surface area contributed by atoms with Crippen molar-refractivity contribution < 1.29 is 24.2 Å². The molecule has 2 rings (SSSR count). The van der Waals surface area contributed by atoms with Crippen molar-refractivity contribution in [2.24, 2.45) is 11.8 Å². The van der Waals surface area contributed by atoms with E-state index in [4.69, 9.17) is 4.43 Å². The van der Waals surface area contributed by atoms with Gasteiger partial charge in [0.1, 0.15) is 0 Å². The van der Waals surface area contributed by atoms with Gasteiger partial charge in [-0.25, -0.2) is 0 Å². The maximum absolute atomic E-state index is 12.1. The summed E-state index contributed by atoms with van der Waals surface area (Å²) in [5.74, 6) is -4.06. The minimum Gasteiger partial charge on any atom is -0.546 e. The summed E-state index contributed by atoms with van der Waals surface area (Å²) in [6, 6.07) is 10.4. The number of benzene rings is 1. The van der Waals surface area contributed by atoms with E-state index in [0.717, 1.165) is 29.3 Å². The van der Waals surface area contributed by atoms with Gasteiger partial charge in [0.25, 0.3) is 0 Å². The molecule has 0 fully saturated rings. The molecular weight excluding hydrogens is 360 g/mol. The number of aliphatic carboxylic acids is 2. The summed E-state index contributed by atoms with van der Waals surface area (Å²) in [5.41, 5.74) is 1.79. The third kappa shape index (κ3) is 4.26. The highest BCUT2D eigenvalue weighted by atomic mass is 28.4. The molecular formula is C21H30O5Si. The van der Waals surface area contributed by atoms with Gasteiger partial charge in [0.05, 0.1) is 23.5 Å². The molecule has 1 aromatic rings. The van der Waals surface area contributed by atoms with Gasteiger partial charge in [-0.1, -0.05) is 45.0 Å². The highest BCUT2D eigenvalue weighted by molar-refractivity contribution is 6.73. The Morgan fingerprint density at radius 1 is 1.07 bits per heavy atom. The van der Waals surface area contributed by atoms with E-state index < -0.39 is 38.0 Å². The van der Waals surface area contributed by atoms with E-state index in [0.29, 0.717) is 5.76 Å². The van der Waals surface area contributed by atoms with Gasteiger partial charge in [0.2, 0.25) is 8.32 Å². The Labute approximate surface area is 162 Å². The zero-order valence-electron chi connectivity index (χ0n) is 16.6. The van der Waals surface area contributed by atoms with Gasteiger partial charge >= 0.3 is 11.9 Å². The molecule has 0 aromatic heterocycles. The molecule has 148 valence electrons. The van der Waals surface area contributed by atoms with Crippen molar-refractivity contribution in [3.63, 3.8) is 0 Å². The Balaban J connectivity index is 2.60. The van der Waals surface area contributed by atoms with Gasteiger partial charge in [0, 0.05) is 0 Å². The van der Waals surface area contributed by atoms with Crippen molar-refractivity contribution in [1.29, 1.82) is 0 Å². The van der Waals surface area contributed by atoms with Gasteiger partial charge in [-0.2, -0.15) is 0 Å². The van der Waals surface area contributed by atoms with Crippen LogP contribution >= 0.6 is 0 Å². The molecule has 1 unspecified atom stereocenters. The lowest BCUT2D eigenvalue weighted by molar-refractivity contribution is -0.155. The molecule has 1 aromatic carbocycles. The smallest absolute Gasteiger partial charge is 0.308 e. The number of hydrogen-bond acceptors (Lipinski definition) is 3. The van der Waals surface area contributed by atoms with E-state index in [1.54, 1.807) is 0 Å². The number of carbonyl (C=O) groups is 2. The van der Waals surface area contributed by atoms with Crippen LogP contribution in [0.3, 0.4) is 0 Å². The fraction of sp³-hybridized carbons (Fsp3) is 0.524. The van der Waals surface area contributed by atoms with Gasteiger partial charge in [0.15, 0.2) is 0 Å². The second kappa shape index (κ2) is 8.74. The average molecular weight is 391 g/mol. The van der Waals surface area contributed by atoms with Crippen LogP contribution in [0.25, 0.3) is 0 Å². The lowest BCUT2D eigenvalue weighted by atomic mass is 9.71. The standard InChI is InChI=1S/C21H30O5Si/c1-5-27(6-2,7-3)26-17-13-12-16(20(22)23)19(21(24)25)18(17)15-11-9-8-10-14(15)4/h8-11,13,16,18-19H,5-7,12H2,1-4H3,(H,22,23)(H,24,25)/t16-,18?,19+/m0/s1. The van der Waals surface area contributed by atoms with Crippen LogP contribution in [0.4, 0.5) is 0 Å². The summed E-state index contributed by atoms with van der Waals surface area (Å²) >= 11 is 0. The summed E-state index contributed by atoms with van der Waals surface area (Å²) in [6.07, 6.45) is 2.02. The number of carboxylic acid groups (broad SMARTS) is 2. The Morgan fingerprint density at radius 2 is 1.67 bits per heavy atom. The third-order valence-electron chi connectivity index (χ3n) is 6.07. The molecule has 0 saturated heterocycles. The summed E-state index contributed by atoms with van der Waals surface area (Å²) < 4.78 is 6.60. The number of rotatable bonds is 8. The van der Waals surface area contributed by atoms with Crippen LogP contribution in [0.2, 0.25) is 18.1 Å². The van der Waals surface area contributed by atoms with Crippen molar-refractivity contribution >= 4 is 20.3 Å². The molecule has 5 nitrogen and oxygen atoms in total. The Bertz CT molecular complexity index is 715. The highest BCUT2D eigenvalue weighted by Gasteiger charge is 2.47. The Kier molecular flexibility index (Phi) is 6.87. The molecule has 3 atom stereocenters. The molecule has 0 bridgehead atoms. The molecule has 6 heteroatoms. The summed E-state index contributed by atoms with van der Waals surface area (Å²) in [7, 11) is -2.02. The monoisotopic (exact) mass is 390 g/mol. The maximum Gasteiger partial charge on any atom is 0.308 e. The van der Waals surface area contributed by atoms with Crippen molar-refractivity contribution in [3.05, 3.63) is 47.2 Å². The highest BCUT2D eigenvalue weighted by Crippen LogP contribution is 2.45. The lowest BCUT2D eigenvalue weighted by Crippen LogP contribution is -2.42. The van der Waals surface area contributed by atoms with E-state index in [1.165, 1.54) is 0 Å². The first-order valence-electron chi connectivity index (χ1n) is 9.70. The fourth-order valence-corrected chi connectivity index (χ4v) is 6.74. The molecule has 2 N–H and O–H groups in total. The van der Waals surface area contributed by atoms with Crippen molar-refractivity contribution in [2.75, 3.05) is 0 Å². The molecule has 0 heterocycles. The predicted octanol–water partition coefficient (Wildman–Crippen LogP) is 4.79. The quantitative estimate of drug-likeness (QED) is 0.624. The second-order valence-electron chi connectivity index (χ2n) is 7.33. The summed E-state index contributed by atoms with van der Waals surface area (Å²) in [5, 5.41) is 19.6. The first-order valence-corrected chi connectivity index (χ1v) is 12.2. The molecule has 0 aliphatic heterocycles. The normalized spacial score (nSPS) is 22.8. The van der Waals surface area contributed by atoms with E-state index in [2.05, 4.69) is 20.8 Å². The Hall–Kier alpha value is -2.08. The lowest BCUT2D eigenvalue weighted by Gasteiger charge is -2.39. The average Bonchev–Trinajstić information content (AvgIpc) is 2.66. The maximum atomic E-state index is 12.1. The molecule has 1 aliphatic carbocycles. The van der Waals surface area contributed by atoms with Crippen LogP contribution in [0.1, 0.15) is 44.2 Å². The Morgan fingerprint density at radius 3 is 2.15 bits per heavy atom. The molecule has 0 spiro atoms. The first kappa shape index (κ1) is 21.2. The van der Waals surface area contributed by atoms with Gasteiger partial charge < -0.3 is 14.6 Å². The van der Waals surface area contributed by atoms with Crippen molar-refractivity contribution in [1.82, 2.24) is 0 Å². The SMILES string of the molecule is CC[Si](CC)(CC)OC1=CC[C@H](C(=O)O)[C@@H](C(=O)O)C1c1ccccc1C. The third-order valence-corrected chi connectivity index (χ3v) is 10.6. The largest absolute Gasteiger partial charge is 0.546 e. The summed E-state index contributed by atoms with van der Waals surface area (Å²) in [6.45, 7) is 8.31. The van der Waals surface area contributed by atoms with Crippen LogP contribution < -0.4 is 0 Å². The number of allylic oxidation sites excluding steroid dienone is 2. The van der Waals surface area contributed by atoms with Crippen LogP contribution in [0, 0.1) is 18.8 Å². The van der Waals surface area contributed by atoms with Gasteiger partial charge in [-0.3, -0.25) is 9.59 Å². The van der Waals surface area contributed by atoms with Crippen molar-refractivity contribution in [3.8, 4) is 0 Å². The minimum atomic E-state index is -2.02. The van der Waals surface area contributed by atoms with E-state index in [-0.39, 0.29) is 6.42 Å². The zero-order valence-corrected chi connectivity index (χ0v) is 17.6. The summed E-state index contributed by atoms with van der Waals surface area (Å²) in [4.78, 5) is 23.9. The number of carboxylic acids is 2. The molecule has 0 radical (unpaired) electrons. The first-order chi connectivity index (χ1) is 12.8. The van der Waals surface area contributed by atoms with Crippen LogP contribution in [0.15, 0.2) is 36.1 Å². The minimum absolute atomic E-state index is 0.186. The molecule has 0 amide bonds. The number of aryl methyl sites for hydroxylation is 1. The zero-order chi connectivity index (χ0) is 20.2. The van der Waals surface area contributed by atoms with Gasteiger partial charge in [-0.15, -0.1) is 0 Å². The molecule has 27 heavy (non-hydrogen) atoms. The van der Waals surface area contributed by atoms with Crippen LogP contribution in [-0.4, -0.2) is 30.5 Å². The fourth-order valence-electron chi connectivity index (χ4n) is 4.10. The molecule has 0 saturated carbocycles. The predicted molar refractivity (Wildman–Crippen MR) is 107 cm³/mol. The molecule has 1 aliphatic rings. The van der Waals surface area contributed by atoms with Crippen molar-refractivity contribution in [2.45, 2.75) is 58.2 Å². The topological polar surface area (TPSA) is 83.8 Å². The van der Waals surface area contributed by atoms with Crippen LogP contribution in [-0.2, 0) is 14.0 Å². The van der Waals surface area contributed by atoms with Gasteiger partial charge in [-0.05, 0) is 48.7 Å². The second-order valence-corrected chi connectivity index (χ2v) is 12.0. The van der Waals surface area contributed by atoms with E-state index in [1.807, 2.05) is 37.3 Å².